The van der Waals surface area contributed by atoms with Crippen LogP contribution in [0.3, 0.4) is 0 Å². The average molecular weight is 173 g/mol. The highest BCUT2D eigenvalue weighted by atomic mass is 32.1. The summed E-state index contributed by atoms with van der Waals surface area (Å²) < 4.78 is 5.18. The van der Waals surface area contributed by atoms with Gasteiger partial charge in [-0.15, -0.1) is 0 Å². The first-order valence-corrected chi connectivity index (χ1v) is 4.17. The quantitative estimate of drug-likeness (QED) is 0.526. The molecule has 0 aliphatic carbocycles. The van der Waals surface area contributed by atoms with E-state index in [1.165, 1.54) is 11.3 Å². The number of nitrogens with one attached hydrogen (secondary N) is 1. The molecular weight excluding hydrogens is 162 g/mol. The third-order valence-corrected chi connectivity index (χ3v) is 2.03. The topological polar surface area (TPSA) is 60.2 Å². The van der Waals surface area contributed by atoms with Gasteiger partial charge in [-0.2, -0.15) is 0 Å². The van der Waals surface area contributed by atoms with Crippen LogP contribution in [0.2, 0.25) is 0 Å². The molecule has 0 saturated carbocycles. The summed E-state index contributed by atoms with van der Waals surface area (Å²) in [5.41, 5.74) is 2.48. The molecule has 4 nitrogen and oxygen atoms in total. The van der Waals surface area contributed by atoms with Crippen molar-refractivity contribution in [2.24, 2.45) is 5.84 Å². The second kappa shape index (κ2) is 4.27. The van der Waals surface area contributed by atoms with Gasteiger partial charge < -0.3 is 4.74 Å². The maximum absolute atomic E-state index is 5.18. The van der Waals surface area contributed by atoms with Crippen LogP contribution < -0.4 is 11.3 Å². The van der Waals surface area contributed by atoms with Crippen LogP contribution in [-0.2, 0) is 11.3 Å². The number of aromatic nitrogens is 1. The lowest BCUT2D eigenvalue weighted by Gasteiger charge is -1.94. The Balaban J connectivity index is 2.44. The summed E-state index contributed by atoms with van der Waals surface area (Å²) in [5.74, 6) is 5.15. The summed E-state index contributed by atoms with van der Waals surface area (Å²) in [6, 6.07) is 0. The van der Waals surface area contributed by atoms with Gasteiger partial charge in [0, 0.05) is 12.8 Å². The Morgan fingerprint density at radius 3 is 3.18 bits per heavy atom. The van der Waals surface area contributed by atoms with Crippen LogP contribution in [0.4, 0.5) is 5.13 Å². The normalized spacial score (nSPS) is 10.0. The van der Waals surface area contributed by atoms with E-state index in [4.69, 9.17) is 10.6 Å². The molecule has 0 spiro atoms. The number of nitrogens with zero attached hydrogens (tertiary/aromatic N) is 1. The van der Waals surface area contributed by atoms with Crippen LogP contribution in [0.1, 0.15) is 11.8 Å². The number of thiazole rings is 1. The molecule has 0 bridgehead atoms. The summed E-state index contributed by atoms with van der Waals surface area (Å²) in [5, 5.41) is 0.722. The van der Waals surface area contributed by atoms with Gasteiger partial charge in [-0.05, 0) is 6.92 Å². The monoisotopic (exact) mass is 173 g/mol. The minimum atomic E-state index is 0.621. The van der Waals surface area contributed by atoms with Crippen LogP contribution in [0.5, 0.6) is 0 Å². The van der Waals surface area contributed by atoms with Crippen molar-refractivity contribution in [3.05, 3.63) is 11.1 Å². The minimum absolute atomic E-state index is 0.621. The number of nitrogen functional groups attached to an aromatic ring is 1. The van der Waals surface area contributed by atoms with Gasteiger partial charge in [-0.3, -0.25) is 5.43 Å². The van der Waals surface area contributed by atoms with Gasteiger partial charge >= 0.3 is 0 Å². The highest BCUT2D eigenvalue weighted by Crippen LogP contribution is 2.17. The van der Waals surface area contributed by atoms with E-state index in [0.29, 0.717) is 6.61 Å². The average Bonchev–Trinajstić information content (AvgIpc) is 2.48. The first-order valence-electron chi connectivity index (χ1n) is 3.36. The lowest BCUT2D eigenvalue weighted by atomic mass is 10.6. The van der Waals surface area contributed by atoms with Crippen LogP contribution in [0.25, 0.3) is 0 Å². The molecule has 0 fully saturated rings. The molecule has 0 amide bonds. The van der Waals surface area contributed by atoms with Crippen molar-refractivity contribution < 1.29 is 4.74 Å². The molecule has 0 atom stereocenters. The second-order valence-corrected chi connectivity index (χ2v) is 3.03. The summed E-state index contributed by atoms with van der Waals surface area (Å²) >= 11 is 1.50. The minimum Gasteiger partial charge on any atom is -0.376 e. The Morgan fingerprint density at radius 1 is 1.82 bits per heavy atom. The number of nitrogens with two attached hydrogens (primary N) is 1. The fourth-order valence-corrected chi connectivity index (χ4v) is 1.30. The van der Waals surface area contributed by atoms with Gasteiger partial charge in [0.25, 0.3) is 0 Å². The van der Waals surface area contributed by atoms with Gasteiger partial charge in [-0.1, -0.05) is 11.3 Å². The molecule has 1 rings (SSSR count). The molecule has 11 heavy (non-hydrogen) atoms. The van der Waals surface area contributed by atoms with Gasteiger partial charge in [0.15, 0.2) is 5.13 Å². The van der Waals surface area contributed by atoms with E-state index in [9.17, 15) is 0 Å². The molecule has 3 N–H and O–H groups in total. The first-order chi connectivity index (χ1) is 5.36. The summed E-state index contributed by atoms with van der Waals surface area (Å²) in [7, 11) is 0. The zero-order chi connectivity index (χ0) is 8.10. The van der Waals surface area contributed by atoms with Gasteiger partial charge in [0.05, 0.1) is 11.5 Å². The van der Waals surface area contributed by atoms with E-state index < -0.39 is 0 Å². The molecule has 0 unspecified atom stereocenters. The molecule has 62 valence electrons. The van der Waals surface area contributed by atoms with Gasteiger partial charge in [-0.25, -0.2) is 10.8 Å². The highest BCUT2D eigenvalue weighted by Gasteiger charge is 1.98. The van der Waals surface area contributed by atoms with Crippen molar-refractivity contribution in [2.75, 3.05) is 12.0 Å². The standard InChI is InChI=1S/C6H11N3OS/c1-2-10-4-5-3-8-6(9-7)11-5/h3H,2,4,7H2,1H3,(H,8,9). The van der Waals surface area contributed by atoms with E-state index >= 15 is 0 Å². The van der Waals surface area contributed by atoms with Crippen molar-refractivity contribution >= 4 is 16.5 Å². The number of ether oxygens (including phenoxy) is 1. The fourth-order valence-electron chi connectivity index (χ4n) is 0.644. The Bertz CT molecular complexity index is 213. The molecule has 1 heterocycles. The molecule has 5 heteroatoms. The molecule has 1 aromatic heterocycles. The number of hydrogen-bond donors (Lipinski definition) is 2. The van der Waals surface area contributed by atoms with E-state index in [1.807, 2.05) is 6.92 Å². The number of hydrazine groups is 1. The molecular formula is C6H11N3OS. The van der Waals surface area contributed by atoms with Crippen LogP contribution in [0, 0.1) is 0 Å². The Morgan fingerprint density at radius 2 is 2.64 bits per heavy atom. The predicted octanol–water partition coefficient (Wildman–Crippen LogP) is 0.965. The lowest BCUT2D eigenvalue weighted by molar-refractivity contribution is 0.136. The van der Waals surface area contributed by atoms with Crippen LogP contribution in [-0.4, -0.2) is 11.6 Å². The van der Waals surface area contributed by atoms with Gasteiger partial charge in [0.2, 0.25) is 0 Å². The molecule has 0 saturated heterocycles. The second-order valence-electron chi connectivity index (χ2n) is 1.91. The van der Waals surface area contributed by atoms with E-state index in [0.717, 1.165) is 16.6 Å². The van der Waals surface area contributed by atoms with Crippen molar-refractivity contribution in [1.82, 2.24) is 4.98 Å². The van der Waals surface area contributed by atoms with Crippen LogP contribution >= 0.6 is 11.3 Å². The van der Waals surface area contributed by atoms with Crippen molar-refractivity contribution in [2.45, 2.75) is 13.5 Å². The lowest BCUT2D eigenvalue weighted by Crippen LogP contribution is -2.05. The summed E-state index contributed by atoms with van der Waals surface area (Å²) in [6.45, 7) is 3.31. The summed E-state index contributed by atoms with van der Waals surface area (Å²) in [6.07, 6.45) is 1.76. The predicted molar refractivity (Wildman–Crippen MR) is 45.3 cm³/mol. The zero-order valence-corrected chi connectivity index (χ0v) is 7.15. The SMILES string of the molecule is CCOCc1cnc(NN)s1. The van der Waals surface area contributed by atoms with E-state index in [1.54, 1.807) is 6.20 Å². The van der Waals surface area contributed by atoms with E-state index in [-0.39, 0.29) is 0 Å². The third kappa shape index (κ3) is 2.45. The van der Waals surface area contributed by atoms with Crippen molar-refractivity contribution in [3.63, 3.8) is 0 Å². The highest BCUT2D eigenvalue weighted by molar-refractivity contribution is 7.15. The van der Waals surface area contributed by atoms with E-state index in [2.05, 4.69) is 10.4 Å². The summed E-state index contributed by atoms with van der Waals surface area (Å²) in [4.78, 5) is 5.07. The van der Waals surface area contributed by atoms with Crippen molar-refractivity contribution in [3.8, 4) is 0 Å². The smallest absolute Gasteiger partial charge is 0.197 e. The maximum Gasteiger partial charge on any atom is 0.197 e. The fraction of sp³-hybridized carbons (Fsp3) is 0.500. The maximum atomic E-state index is 5.18. The van der Waals surface area contributed by atoms with Crippen molar-refractivity contribution in [1.29, 1.82) is 0 Å². The largest absolute Gasteiger partial charge is 0.376 e. The number of anilines is 1. The first kappa shape index (κ1) is 8.45. The van der Waals surface area contributed by atoms with Gasteiger partial charge in [0.1, 0.15) is 0 Å². The number of rotatable bonds is 4. The molecule has 0 aromatic carbocycles. The Kier molecular flexibility index (Phi) is 3.28. The molecule has 1 aromatic rings. The zero-order valence-electron chi connectivity index (χ0n) is 6.33. The molecule has 0 aliphatic rings. The molecule has 0 aliphatic heterocycles. The Hall–Kier alpha value is -0.650. The molecule has 0 radical (unpaired) electrons. The van der Waals surface area contributed by atoms with Crippen LogP contribution in [0.15, 0.2) is 6.20 Å². The Labute approximate surface area is 69.4 Å². The third-order valence-electron chi connectivity index (χ3n) is 1.13. The number of hydrogen-bond acceptors (Lipinski definition) is 5.